The maximum Gasteiger partial charge on any atom is 0.291 e. The number of fused-ring (bicyclic) bond motifs is 3. The van der Waals surface area contributed by atoms with Gasteiger partial charge in [-0.05, 0) is 81.7 Å². The second-order valence-electron chi connectivity index (χ2n) is 16.3. The predicted molar refractivity (Wildman–Crippen MR) is 198 cm³/mol. The van der Waals surface area contributed by atoms with Crippen LogP contribution in [0.2, 0.25) is 0 Å². The number of piperidine rings is 1. The van der Waals surface area contributed by atoms with Gasteiger partial charge in [-0.15, -0.1) is 0 Å². The number of halogens is 1. The van der Waals surface area contributed by atoms with Gasteiger partial charge in [0.25, 0.3) is 5.91 Å². The van der Waals surface area contributed by atoms with Gasteiger partial charge in [0.15, 0.2) is 18.0 Å². The number of rotatable bonds is 7. The number of oxazole rings is 1. The van der Waals surface area contributed by atoms with Gasteiger partial charge < -0.3 is 24.1 Å². The Bertz CT molecular complexity index is 2220. The third-order valence-corrected chi connectivity index (χ3v) is 12.1. The summed E-state index contributed by atoms with van der Waals surface area (Å²) in [5.41, 5.74) is 4.77. The number of carbonyl (C=O) groups excluding carboxylic acids is 2. The zero-order valence-electron chi connectivity index (χ0n) is 30.5. The minimum Gasteiger partial charge on any atom is -0.438 e. The molecule has 1 N–H and O–H groups in total. The number of hydrogen-bond donors (Lipinski definition) is 1. The first-order valence-electron chi connectivity index (χ1n) is 18.7. The molecule has 1 saturated carbocycles. The summed E-state index contributed by atoms with van der Waals surface area (Å²) in [6, 6.07) is 10.4. The molecule has 1 aromatic carbocycles. The number of aromatic nitrogens is 5. The molecule has 0 unspecified atom stereocenters. The van der Waals surface area contributed by atoms with E-state index in [1.54, 1.807) is 23.5 Å². The zero-order valence-corrected chi connectivity index (χ0v) is 30.5. The molecule has 0 atom stereocenters. The maximum atomic E-state index is 14.9. The largest absolute Gasteiger partial charge is 0.438 e. The summed E-state index contributed by atoms with van der Waals surface area (Å²) in [6.07, 6.45) is 11.3. The van der Waals surface area contributed by atoms with Crippen LogP contribution in [0, 0.1) is 11.2 Å². The second-order valence-corrected chi connectivity index (χ2v) is 16.3. The van der Waals surface area contributed by atoms with E-state index in [4.69, 9.17) is 14.4 Å². The molecular weight excluding hydrogens is 673 g/mol. The number of pyridine rings is 2. The highest BCUT2D eigenvalue weighted by molar-refractivity contribution is 6.09. The first-order valence-corrected chi connectivity index (χ1v) is 18.7. The van der Waals surface area contributed by atoms with Crippen molar-refractivity contribution in [3.63, 3.8) is 0 Å². The summed E-state index contributed by atoms with van der Waals surface area (Å²) in [6.45, 7) is 11.9. The number of imidazole rings is 1. The molecule has 9 rings (SSSR count). The number of nitrogens with zero attached hydrogens (tertiary/aromatic N) is 8. The molecule has 4 aliphatic rings. The molecule has 2 amide bonds. The Labute approximate surface area is 307 Å². The molecule has 1 aliphatic carbocycles. The van der Waals surface area contributed by atoms with E-state index in [0.717, 1.165) is 53.8 Å². The average Bonchev–Trinajstić information content (AvgIpc) is 3.93. The number of anilines is 3. The zero-order chi connectivity index (χ0) is 36.6. The van der Waals surface area contributed by atoms with Gasteiger partial charge in [0.2, 0.25) is 11.7 Å². The van der Waals surface area contributed by atoms with Gasteiger partial charge in [0.1, 0.15) is 5.52 Å². The van der Waals surface area contributed by atoms with Crippen LogP contribution in [0.15, 0.2) is 66.1 Å². The van der Waals surface area contributed by atoms with Crippen molar-refractivity contribution in [3.05, 3.63) is 78.8 Å². The second kappa shape index (κ2) is 12.5. The fourth-order valence-corrected chi connectivity index (χ4v) is 8.99. The SMILES string of the molecule is CC(C)n1cnc2cc(-c3ccc4c(c3)N(C3CC(N5CCC(C)(C)C5)C3)C(=O)C43CCN(C(=O)c4cnco4)CC3)nc(Nc3ccncc3F)c21. The van der Waals surface area contributed by atoms with E-state index in [-0.39, 0.29) is 35.3 Å². The minimum absolute atomic E-state index is 0.0857. The summed E-state index contributed by atoms with van der Waals surface area (Å²) in [4.78, 5) is 52.1. The minimum atomic E-state index is -0.730. The summed E-state index contributed by atoms with van der Waals surface area (Å²) in [5, 5.41) is 3.22. The van der Waals surface area contributed by atoms with Crippen LogP contribution < -0.4 is 10.2 Å². The molecule has 53 heavy (non-hydrogen) atoms. The summed E-state index contributed by atoms with van der Waals surface area (Å²) < 4.78 is 22.2. The lowest BCUT2D eigenvalue weighted by Gasteiger charge is -2.46. The van der Waals surface area contributed by atoms with Crippen LogP contribution in [-0.2, 0) is 10.2 Å². The lowest BCUT2D eigenvalue weighted by atomic mass is 9.73. The van der Waals surface area contributed by atoms with Crippen molar-refractivity contribution in [1.29, 1.82) is 0 Å². The van der Waals surface area contributed by atoms with Crippen molar-refractivity contribution < 1.29 is 18.4 Å². The summed E-state index contributed by atoms with van der Waals surface area (Å²) in [5.74, 6) is 0.127. The van der Waals surface area contributed by atoms with Gasteiger partial charge in [0, 0.05) is 55.2 Å². The molecule has 0 radical (unpaired) electrons. The number of carbonyl (C=O) groups is 2. The fraction of sp³-hybridized carbons (Fsp3) is 0.450. The van der Waals surface area contributed by atoms with Crippen LogP contribution in [0.3, 0.4) is 0 Å². The normalized spacial score (nSPS) is 22.2. The van der Waals surface area contributed by atoms with E-state index in [9.17, 15) is 14.0 Å². The van der Waals surface area contributed by atoms with E-state index >= 15 is 0 Å². The van der Waals surface area contributed by atoms with Crippen molar-refractivity contribution in [3.8, 4) is 11.3 Å². The Morgan fingerprint density at radius 3 is 2.53 bits per heavy atom. The number of benzene rings is 1. The molecule has 1 spiro atoms. The third-order valence-electron chi connectivity index (χ3n) is 12.1. The molecular formula is C40H44FN9O3. The van der Waals surface area contributed by atoms with E-state index in [1.165, 1.54) is 25.2 Å². The lowest BCUT2D eigenvalue weighted by molar-refractivity contribution is -0.125. The molecule has 12 nitrogen and oxygen atoms in total. The Balaban J connectivity index is 1.09. The Hall–Kier alpha value is -5.17. The van der Waals surface area contributed by atoms with E-state index < -0.39 is 11.2 Å². The highest BCUT2D eigenvalue weighted by Crippen LogP contribution is 2.52. The van der Waals surface area contributed by atoms with Crippen LogP contribution in [0.5, 0.6) is 0 Å². The van der Waals surface area contributed by atoms with Crippen LogP contribution in [0.4, 0.5) is 21.6 Å². The van der Waals surface area contributed by atoms with Gasteiger partial charge in [0.05, 0.1) is 41.0 Å². The van der Waals surface area contributed by atoms with Crippen molar-refractivity contribution >= 4 is 40.0 Å². The van der Waals surface area contributed by atoms with Gasteiger partial charge >= 0.3 is 0 Å². The topological polar surface area (TPSA) is 126 Å². The molecule has 2 saturated heterocycles. The van der Waals surface area contributed by atoms with Gasteiger partial charge in [-0.25, -0.2) is 19.3 Å². The number of likely N-dealkylation sites (tertiary alicyclic amines) is 2. The van der Waals surface area contributed by atoms with E-state index in [2.05, 4.69) is 64.9 Å². The van der Waals surface area contributed by atoms with Crippen LogP contribution >= 0.6 is 0 Å². The summed E-state index contributed by atoms with van der Waals surface area (Å²) >= 11 is 0. The van der Waals surface area contributed by atoms with Crippen molar-refractivity contribution in [1.82, 2.24) is 34.3 Å². The first-order chi connectivity index (χ1) is 25.5. The molecule has 0 bridgehead atoms. The third kappa shape index (κ3) is 5.58. The number of hydrogen-bond acceptors (Lipinski definition) is 9. The average molecular weight is 718 g/mol. The van der Waals surface area contributed by atoms with Gasteiger partial charge in [-0.1, -0.05) is 26.0 Å². The lowest BCUT2D eigenvalue weighted by Crippen LogP contribution is -2.57. The van der Waals surface area contributed by atoms with Crippen molar-refractivity contribution in [2.75, 3.05) is 36.4 Å². The number of amides is 2. The van der Waals surface area contributed by atoms with Crippen LogP contribution in [0.25, 0.3) is 22.3 Å². The van der Waals surface area contributed by atoms with Gasteiger partial charge in [-0.3, -0.25) is 19.5 Å². The van der Waals surface area contributed by atoms with Gasteiger partial charge in [-0.2, -0.15) is 0 Å². The Kier molecular flexibility index (Phi) is 7.91. The molecule has 7 heterocycles. The Morgan fingerprint density at radius 1 is 1.02 bits per heavy atom. The molecule has 13 heteroatoms. The molecule has 3 fully saturated rings. The van der Waals surface area contributed by atoms with Crippen molar-refractivity contribution in [2.24, 2.45) is 5.41 Å². The highest BCUT2D eigenvalue weighted by Gasteiger charge is 2.56. The van der Waals surface area contributed by atoms with E-state index in [0.29, 0.717) is 48.9 Å². The Morgan fingerprint density at radius 2 is 1.83 bits per heavy atom. The van der Waals surface area contributed by atoms with Crippen LogP contribution in [0.1, 0.15) is 82.0 Å². The molecule has 274 valence electrons. The maximum absolute atomic E-state index is 14.9. The fourth-order valence-electron chi connectivity index (χ4n) is 8.99. The number of nitrogens with one attached hydrogen (secondary N) is 1. The molecule has 3 aliphatic heterocycles. The van der Waals surface area contributed by atoms with E-state index in [1.807, 2.05) is 16.7 Å². The highest BCUT2D eigenvalue weighted by atomic mass is 19.1. The van der Waals surface area contributed by atoms with Crippen molar-refractivity contribution in [2.45, 2.75) is 83.3 Å². The monoisotopic (exact) mass is 717 g/mol. The summed E-state index contributed by atoms with van der Waals surface area (Å²) in [7, 11) is 0. The quantitative estimate of drug-likeness (QED) is 0.195. The first kappa shape index (κ1) is 33.7. The standard InChI is InChI=1S/C40H44FN9O3/c1-24(2)49-22-44-32-18-31(46-36(35(32)49)45-30-7-11-42-19-29(30)41)25-5-6-28-33(15-25)50(27-16-26(17-27)48-12-8-39(3,4)21-48)38(52)40(28)9-13-47(14-10-40)37(51)34-20-43-23-53-34/h5-7,11,15,18-20,22-24,26-27H,8-10,12-14,16-17,21H2,1-4H3,(H,42,45,46). The molecule has 5 aromatic rings. The van der Waals surface area contributed by atoms with Crippen LogP contribution in [-0.4, -0.2) is 84.4 Å². The molecule has 4 aromatic heterocycles. The predicted octanol–water partition coefficient (Wildman–Crippen LogP) is 6.73. The smallest absolute Gasteiger partial charge is 0.291 e.